The summed E-state index contributed by atoms with van der Waals surface area (Å²) in [5, 5.41) is 14.1. The van der Waals surface area contributed by atoms with Crippen molar-refractivity contribution in [3.05, 3.63) is 48.3 Å². The molecule has 1 aliphatic heterocycles. The fraction of sp³-hybridized carbons (Fsp3) is 0.417. The van der Waals surface area contributed by atoms with E-state index >= 15 is 0 Å². The predicted molar refractivity (Wildman–Crippen MR) is 119 cm³/mol. The van der Waals surface area contributed by atoms with Crippen molar-refractivity contribution in [1.82, 2.24) is 14.9 Å². The quantitative estimate of drug-likeness (QED) is 0.629. The van der Waals surface area contributed by atoms with Gasteiger partial charge in [-0.25, -0.2) is 14.4 Å². The number of morpholine rings is 1. The number of halogens is 2. The molecule has 168 valence electrons. The van der Waals surface area contributed by atoms with Crippen molar-refractivity contribution in [2.75, 3.05) is 31.6 Å². The highest BCUT2D eigenvalue weighted by Gasteiger charge is 2.27. The zero-order valence-electron chi connectivity index (χ0n) is 17.7. The number of phenolic OH excluding ortho intramolecular Hbond substituents is 1. The Morgan fingerprint density at radius 3 is 2.50 bits per heavy atom. The summed E-state index contributed by atoms with van der Waals surface area (Å²) in [6.45, 7) is 3.68. The van der Waals surface area contributed by atoms with Crippen LogP contribution in [0.3, 0.4) is 0 Å². The zero-order valence-corrected chi connectivity index (χ0v) is 17.7. The van der Waals surface area contributed by atoms with Crippen LogP contribution in [-0.2, 0) is 4.74 Å². The molecule has 2 aromatic carbocycles. The molecule has 0 atom stereocenters. The molecule has 2 heterocycles. The second-order valence-corrected chi connectivity index (χ2v) is 8.54. The van der Waals surface area contributed by atoms with Crippen LogP contribution in [0.1, 0.15) is 25.7 Å². The molecule has 1 aromatic heterocycles. The molecule has 2 fully saturated rings. The summed E-state index contributed by atoms with van der Waals surface area (Å²) in [5.74, 6) is -2.30. The maximum Gasteiger partial charge on any atom is 0.200 e. The number of benzene rings is 2. The Hall–Kier alpha value is -2.84. The topological polar surface area (TPSA) is 70.5 Å². The summed E-state index contributed by atoms with van der Waals surface area (Å²) < 4.78 is 32.8. The minimum Gasteiger partial charge on any atom is -0.505 e. The Bertz CT molecular complexity index is 1090. The molecule has 0 radical (unpaired) electrons. The third kappa shape index (κ3) is 4.25. The molecule has 2 N–H and O–H groups in total. The molecule has 0 bridgehead atoms. The molecule has 0 unspecified atom stereocenters. The summed E-state index contributed by atoms with van der Waals surface area (Å²) in [6, 6.07) is 8.70. The number of ether oxygens (including phenoxy) is 1. The van der Waals surface area contributed by atoms with Gasteiger partial charge in [-0.2, -0.15) is 4.39 Å². The average Bonchev–Trinajstić information content (AvgIpc) is 2.83. The number of rotatable bonds is 4. The molecule has 32 heavy (non-hydrogen) atoms. The van der Waals surface area contributed by atoms with Crippen LogP contribution in [0, 0.1) is 11.6 Å². The fourth-order valence-corrected chi connectivity index (χ4v) is 4.81. The number of aromatic nitrogens is 2. The summed E-state index contributed by atoms with van der Waals surface area (Å²) in [7, 11) is 0. The van der Waals surface area contributed by atoms with E-state index < -0.39 is 17.4 Å². The van der Waals surface area contributed by atoms with Crippen molar-refractivity contribution in [3.8, 4) is 16.9 Å². The minimum absolute atomic E-state index is 0.321. The van der Waals surface area contributed by atoms with E-state index in [2.05, 4.69) is 20.2 Å². The van der Waals surface area contributed by atoms with Crippen molar-refractivity contribution in [3.63, 3.8) is 0 Å². The highest BCUT2D eigenvalue weighted by Crippen LogP contribution is 2.32. The van der Waals surface area contributed by atoms with Gasteiger partial charge in [-0.15, -0.1) is 0 Å². The van der Waals surface area contributed by atoms with Crippen molar-refractivity contribution >= 4 is 16.7 Å². The molecule has 6 nitrogen and oxygen atoms in total. The third-order valence-corrected chi connectivity index (χ3v) is 6.58. The Morgan fingerprint density at radius 1 is 0.969 bits per heavy atom. The number of nitrogens with one attached hydrogen (secondary N) is 1. The lowest BCUT2D eigenvalue weighted by Gasteiger charge is -2.39. The maximum atomic E-state index is 13.8. The lowest BCUT2D eigenvalue weighted by atomic mass is 9.90. The first-order valence-corrected chi connectivity index (χ1v) is 11.1. The lowest BCUT2D eigenvalue weighted by molar-refractivity contribution is 0.00791. The van der Waals surface area contributed by atoms with Gasteiger partial charge >= 0.3 is 0 Å². The monoisotopic (exact) mass is 440 g/mol. The molecule has 2 aliphatic rings. The Labute approximate surface area is 185 Å². The summed E-state index contributed by atoms with van der Waals surface area (Å²) in [4.78, 5) is 11.3. The summed E-state index contributed by atoms with van der Waals surface area (Å²) in [6.07, 6.45) is 5.93. The van der Waals surface area contributed by atoms with Gasteiger partial charge in [0.2, 0.25) is 0 Å². The highest BCUT2D eigenvalue weighted by molar-refractivity contribution is 5.92. The minimum atomic E-state index is -1.24. The third-order valence-electron chi connectivity index (χ3n) is 6.58. The van der Waals surface area contributed by atoms with Crippen LogP contribution in [0.4, 0.5) is 14.6 Å². The van der Waals surface area contributed by atoms with Gasteiger partial charge in [0, 0.05) is 30.6 Å². The maximum absolute atomic E-state index is 13.8. The van der Waals surface area contributed by atoms with E-state index in [4.69, 9.17) is 4.74 Å². The Kier molecular flexibility index (Phi) is 5.89. The van der Waals surface area contributed by atoms with E-state index in [1.165, 1.54) is 12.4 Å². The van der Waals surface area contributed by atoms with E-state index in [1.807, 2.05) is 12.1 Å². The van der Waals surface area contributed by atoms with Gasteiger partial charge in [0.25, 0.3) is 0 Å². The number of hydrogen-bond donors (Lipinski definition) is 2. The standard InChI is InChI=1S/C24H26F2N4O2/c25-20-12-16(13-22(31)23(20)26)15-1-6-21-19(11-15)24(28-14-27-21)29-17-2-4-18(5-3-17)30-7-9-32-10-8-30/h1,6,11-14,17-18,31H,2-5,7-10H2,(H,27,28,29)/t17-,18-. The van der Waals surface area contributed by atoms with Gasteiger partial charge in [0.05, 0.1) is 18.7 Å². The van der Waals surface area contributed by atoms with Crippen LogP contribution < -0.4 is 5.32 Å². The van der Waals surface area contributed by atoms with Crippen molar-refractivity contribution in [1.29, 1.82) is 0 Å². The number of aromatic hydroxyl groups is 1. The van der Waals surface area contributed by atoms with Crippen LogP contribution in [0.15, 0.2) is 36.7 Å². The second kappa shape index (κ2) is 8.96. The molecule has 0 amide bonds. The first-order chi connectivity index (χ1) is 15.6. The van der Waals surface area contributed by atoms with Crippen molar-refractivity contribution < 1.29 is 18.6 Å². The van der Waals surface area contributed by atoms with Crippen LogP contribution in [-0.4, -0.2) is 58.4 Å². The zero-order chi connectivity index (χ0) is 22.1. The Morgan fingerprint density at radius 2 is 1.75 bits per heavy atom. The van der Waals surface area contributed by atoms with Gasteiger partial charge in [-0.3, -0.25) is 4.90 Å². The molecule has 5 rings (SSSR count). The van der Waals surface area contributed by atoms with E-state index in [0.717, 1.165) is 74.8 Å². The normalized spacial score (nSPS) is 22.2. The van der Waals surface area contributed by atoms with Gasteiger partial charge in [0.15, 0.2) is 17.4 Å². The average molecular weight is 440 g/mol. The molecule has 1 saturated heterocycles. The van der Waals surface area contributed by atoms with E-state index in [0.29, 0.717) is 23.2 Å². The molecule has 1 aliphatic carbocycles. The molecular formula is C24H26F2N4O2. The van der Waals surface area contributed by atoms with Gasteiger partial charge in [0.1, 0.15) is 12.1 Å². The molecular weight excluding hydrogens is 414 g/mol. The molecule has 0 spiro atoms. The number of anilines is 1. The highest BCUT2D eigenvalue weighted by atomic mass is 19.2. The van der Waals surface area contributed by atoms with Gasteiger partial charge in [-0.1, -0.05) is 6.07 Å². The van der Waals surface area contributed by atoms with Crippen LogP contribution in [0.25, 0.3) is 22.0 Å². The van der Waals surface area contributed by atoms with E-state index in [1.54, 1.807) is 6.07 Å². The lowest BCUT2D eigenvalue weighted by Crippen LogP contribution is -2.46. The Balaban J connectivity index is 1.35. The molecule has 1 saturated carbocycles. The van der Waals surface area contributed by atoms with E-state index in [9.17, 15) is 13.9 Å². The predicted octanol–water partition coefficient (Wildman–Crippen LogP) is 4.34. The first kappa shape index (κ1) is 21.0. The van der Waals surface area contributed by atoms with Crippen molar-refractivity contribution in [2.24, 2.45) is 0 Å². The van der Waals surface area contributed by atoms with E-state index in [-0.39, 0.29) is 0 Å². The number of nitrogens with zero attached hydrogens (tertiary/aromatic N) is 3. The largest absolute Gasteiger partial charge is 0.505 e. The first-order valence-electron chi connectivity index (χ1n) is 11.1. The fourth-order valence-electron chi connectivity index (χ4n) is 4.81. The second-order valence-electron chi connectivity index (χ2n) is 8.54. The van der Waals surface area contributed by atoms with Gasteiger partial charge < -0.3 is 15.2 Å². The van der Waals surface area contributed by atoms with Crippen LogP contribution in [0.5, 0.6) is 5.75 Å². The van der Waals surface area contributed by atoms with Crippen LogP contribution >= 0.6 is 0 Å². The SMILES string of the molecule is Oc1cc(-c2ccc3ncnc(N[C@H]4CC[C@H](N5CCOCC5)CC4)c3c2)cc(F)c1F. The van der Waals surface area contributed by atoms with Gasteiger partial charge in [-0.05, 0) is 61.1 Å². The molecule has 8 heteroatoms. The number of phenols is 1. The van der Waals surface area contributed by atoms with Crippen molar-refractivity contribution in [2.45, 2.75) is 37.8 Å². The summed E-state index contributed by atoms with van der Waals surface area (Å²) in [5.41, 5.74) is 1.81. The van der Waals surface area contributed by atoms with Crippen LogP contribution in [0.2, 0.25) is 0 Å². The number of fused-ring (bicyclic) bond motifs is 1. The smallest absolute Gasteiger partial charge is 0.200 e. The molecule has 3 aromatic rings. The number of hydrogen-bond acceptors (Lipinski definition) is 6. The summed E-state index contributed by atoms with van der Waals surface area (Å²) >= 11 is 0.